The van der Waals surface area contributed by atoms with Gasteiger partial charge in [-0.05, 0) is 52.3 Å². The molecule has 2 aliphatic rings. The number of anilines is 1. The second-order valence-corrected chi connectivity index (χ2v) is 9.98. The van der Waals surface area contributed by atoms with Crippen LogP contribution in [0.5, 0.6) is 0 Å². The van der Waals surface area contributed by atoms with E-state index in [0.29, 0.717) is 4.05 Å². The highest BCUT2D eigenvalue weighted by molar-refractivity contribution is 14.1. The zero-order valence-corrected chi connectivity index (χ0v) is 18.7. The van der Waals surface area contributed by atoms with Crippen molar-refractivity contribution in [3.8, 4) is 0 Å². The van der Waals surface area contributed by atoms with Gasteiger partial charge in [-0.2, -0.15) is 0 Å². The maximum absolute atomic E-state index is 6.01. The lowest BCUT2D eigenvalue weighted by Gasteiger charge is -2.37. The summed E-state index contributed by atoms with van der Waals surface area (Å²) in [6.07, 6.45) is 2.08. The lowest BCUT2D eigenvalue weighted by Crippen LogP contribution is -2.48. The predicted octanol–water partition coefficient (Wildman–Crippen LogP) is 4.23. The standard InChI is InChI=1S/C20H30BIN2O2/c1-16(22)23-12-14-24(15-13-23)18-8-6-17(7-9-18)10-11-21-25-19(2,3)20(4,5)26-21/h6-11,16H,12-15H2,1-5H3. The molecule has 3 rings (SSSR count). The normalized spacial score (nSPS) is 24.4. The van der Waals surface area contributed by atoms with Gasteiger partial charge in [-0.3, -0.25) is 4.90 Å². The Morgan fingerprint density at radius 2 is 1.54 bits per heavy atom. The average Bonchev–Trinajstić information content (AvgIpc) is 2.80. The molecular formula is C20H30BIN2O2. The zero-order chi connectivity index (χ0) is 18.9. The van der Waals surface area contributed by atoms with Crippen LogP contribution in [0.25, 0.3) is 6.08 Å². The van der Waals surface area contributed by atoms with Crippen LogP contribution in [-0.4, -0.2) is 53.4 Å². The molecule has 1 atom stereocenters. The summed E-state index contributed by atoms with van der Waals surface area (Å²) in [4.78, 5) is 5.00. The van der Waals surface area contributed by atoms with Crippen molar-refractivity contribution in [1.29, 1.82) is 0 Å². The van der Waals surface area contributed by atoms with E-state index in [2.05, 4.69) is 97.4 Å². The molecule has 142 valence electrons. The summed E-state index contributed by atoms with van der Waals surface area (Å²) in [6, 6.07) is 8.77. The van der Waals surface area contributed by atoms with E-state index in [4.69, 9.17) is 9.31 Å². The van der Waals surface area contributed by atoms with Gasteiger partial charge < -0.3 is 14.2 Å². The molecule has 0 aromatic heterocycles. The lowest BCUT2D eigenvalue weighted by molar-refractivity contribution is 0.00578. The fourth-order valence-electron chi connectivity index (χ4n) is 3.29. The molecule has 0 radical (unpaired) electrons. The van der Waals surface area contributed by atoms with Gasteiger partial charge in [0.05, 0.1) is 15.3 Å². The van der Waals surface area contributed by atoms with Crippen molar-refractivity contribution in [2.45, 2.75) is 49.9 Å². The molecule has 0 spiro atoms. The molecule has 1 unspecified atom stereocenters. The van der Waals surface area contributed by atoms with E-state index in [1.165, 1.54) is 11.3 Å². The van der Waals surface area contributed by atoms with Gasteiger partial charge in [0.2, 0.25) is 0 Å². The topological polar surface area (TPSA) is 24.9 Å². The summed E-state index contributed by atoms with van der Waals surface area (Å²) < 4.78 is 12.6. The van der Waals surface area contributed by atoms with E-state index < -0.39 is 0 Å². The lowest BCUT2D eigenvalue weighted by atomic mass is 9.89. The summed E-state index contributed by atoms with van der Waals surface area (Å²) in [7, 11) is -0.289. The van der Waals surface area contributed by atoms with Crippen molar-refractivity contribution < 1.29 is 9.31 Å². The largest absolute Gasteiger partial charge is 0.487 e. The summed E-state index contributed by atoms with van der Waals surface area (Å²) in [5, 5.41) is 0. The number of nitrogens with zero attached hydrogens (tertiary/aromatic N) is 2. The molecule has 0 aliphatic carbocycles. The molecule has 2 heterocycles. The quantitative estimate of drug-likeness (QED) is 0.286. The highest BCUT2D eigenvalue weighted by atomic mass is 127. The Labute approximate surface area is 172 Å². The fourth-order valence-corrected chi connectivity index (χ4v) is 3.85. The third-order valence-corrected chi connectivity index (χ3v) is 6.58. The minimum atomic E-state index is -0.289. The van der Waals surface area contributed by atoms with E-state index in [1.807, 2.05) is 5.98 Å². The molecule has 0 amide bonds. The molecule has 26 heavy (non-hydrogen) atoms. The Hall–Kier alpha value is -0.565. The number of hydrogen-bond donors (Lipinski definition) is 0. The molecule has 0 saturated carbocycles. The van der Waals surface area contributed by atoms with Gasteiger partial charge in [0.25, 0.3) is 0 Å². The first-order chi connectivity index (χ1) is 12.2. The van der Waals surface area contributed by atoms with Crippen LogP contribution in [0.4, 0.5) is 5.69 Å². The molecule has 0 bridgehead atoms. The molecule has 2 saturated heterocycles. The van der Waals surface area contributed by atoms with E-state index >= 15 is 0 Å². The van der Waals surface area contributed by atoms with Crippen LogP contribution >= 0.6 is 22.6 Å². The third-order valence-electron chi connectivity index (χ3n) is 5.79. The van der Waals surface area contributed by atoms with E-state index in [-0.39, 0.29) is 18.3 Å². The molecule has 2 fully saturated rings. The highest BCUT2D eigenvalue weighted by Crippen LogP contribution is 2.37. The van der Waals surface area contributed by atoms with Crippen LogP contribution in [0, 0.1) is 0 Å². The van der Waals surface area contributed by atoms with Crippen LogP contribution in [0.15, 0.2) is 30.2 Å². The molecule has 2 aliphatic heterocycles. The van der Waals surface area contributed by atoms with Crippen molar-refractivity contribution in [2.24, 2.45) is 0 Å². The van der Waals surface area contributed by atoms with Gasteiger partial charge in [-0.15, -0.1) is 0 Å². The Morgan fingerprint density at radius 3 is 2.04 bits per heavy atom. The summed E-state index contributed by atoms with van der Waals surface area (Å²) in [5.74, 6) is 2.01. The Bertz CT molecular complexity index is 622. The Morgan fingerprint density at radius 1 is 1.00 bits per heavy atom. The third kappa shape index (κ3) is 4.46. The van der Waals surface area contributed by atoms with Crippen LogP contribution in [0.1, 0.15) is 40.2 Å². The van der Waals surface area contributed by atoms with Crippen molar-refractivity contribution in [3.63, 3.8) is 0 Å². The number of halogens is 1. The summed E-state index contributed by atoms with van der Waals surface area (Å²) >= 11 is 2.50. The minimum Gasteiger partial charge on any atom is -0.400 e. The molecule has 4 nitrogen and oxygen atoms in total. The molecular weight excluding hydrogens is 438 g/mol. The number of hydrogen-bond acceptors (Lipinski definition) is 4. The first-order valence-corrected chi connectivity index (χ1v) is 10.7. The molecule has 0 N–H and O–H groups in total. The Kier molecular flexibility index (Phi) is 6.07. The smallest absolute Gasteiger partial charge is 0.400 e. The van der Waals surface area contributed by atoms with Gasteiger partial charge in [0.1, 0.15) is 0 Å². The van der Waals surface area contributed by atoms with E-state index in [1.54, 1.807) is 0 Å². The monoisotopic (exact) mass is 468 g/mol. The maximum Gasteiger partial charge on any atom is 0.487 e. The van der Waals surface area contributed by atoms with Crippen molar-refractivity contribution >= 4 is 41.5 Å². The summed E-state index contributed by atoms with van der Waals surface area (Å²) in [5.41, 5.74) is 1.90. The highest BCUT2D eigenvalue weighted by Gasteiger charge is 2.49. The molecule has 1 aromatic carbocycles. The number of alkyl halides is 1. The number of piperazine rings is 1. The van der Waals surface area contributed by atoms with Gasteiger partial charge in [-0.25, -0.2) is 0 Å². The first kappa shape index (κ1) is 20.2. The predicted molar refractivity (Wildman–Crippen MR) is 119 cm³/mol. The zero-order valence-electron chi connectivity index (χ0n) is 16.5. The summed E-state index contributed by atoms with van der Waals surface area (Å²) in [6.45, 7) is 15.0. The molecule has 6 heteroatoms. The van der Waals surface area contributed by atoms with Crippen molar-refractivity contribution in [3.05, 3.63) is 35.8 Å². The maximum atomic E-state index is 6.01. The van der Waals surface area contributed by atoms with E-state index in [0.717, 1.165) is 26.2 Å². The minimum absolute atomic E-state index is 0.288. The van der Waals surface area contributed by atoms with Crippen LogP contribution in [0.2, 0.25) is 0 Å². The number of benzene rings is 1. The molecule has 1 aromatic rings. The van der Waals surface area contributed by atoms with Crippen molar-refractivity contribution in [2.75, 3.05) is 31.1 Å². The van der Waals surface area contributed by atoms with Crippen LogP contribution < -0.4 is 4.90 Å². The second kappa shape index (κ2) is 7.82. The van der Waals surface area contributed by atoms with E-state index in [9.17, 15) is 0 Å². The van der Waals surface area contributed by atoms with Crippen LogP contribution in [0.3, 0.4) is 0 Å². The van der Waals surface area contributed by atoms with Gasteiger partial charge in [0, 0.05) is 31.9 Å². The van der Waals surface area contributed by atoms with Crippen molar-refractivity contribution in [1.82, 2.24) is 4.90 Å². The number of rotatable bonds is 4. The average molecular weight is 468 g/mol. The Balaban J connectivity index is 1.57. The second-order valence-electron chi connectivity index (χ2n) is 8.17. The van der Waals surface area contributed by atoms with Crippen LogP contribution in [-0.2, 0) is 9.31 Å². The van der Waals surface area contributed by atoms with Gasteiger partial charge >= 0.3 is 7.12 Å². The van der Waals surface area contributed by atoms with Gasteiger partial charge in [0.15, 0.2) is 0 Å². The SMILES string of the molecule is CC(I)N1CCN(c2ccc(C=CB3OC(C)(C)C(C)(C)O3)cc2)CC1. The fraction of sp³-hybridized carbons (Fsp3) is 0.600. The van der Waals surface area contributed by atoms with Gasteiger partial charge in [-0.1, -0.05) is 46.8 Å². The first-order valence-electron chi connectivity index (χ1n) is 9.45.